The highest BCUT2D eigenvalue weighted by atomic mass is 16.5. The Morgan fingerprint density at radius 1 is 0.816 bits per heavy atom. The number of imide groups is 1. The summed E-state index contributed by atoms with van der Waals surface area (Å²) in [6.45, 7) is 1.57. The van der Waals surface area contributed by atoms with Crippen molar-refractivity contribution in [3.05, 3.63) is 101 Å². The summed E-state index contributed by atoms with van der Waals surface area (Å²) >= 11 is 0. The van der Waals surface area contributed by atoms with Crippen LogP contribution in [-0.4, -0.2) is 53.8 Å². The molecule has 4 rings (SSSR count). The molecule has 1 atom stereocenters. The molecular weight excluding hydrogens is 488 g/mol. The van der Waals surface area contributed by atoms with Crippen molar-refractivity contribution in [2.75, 3.05) is 18.5 Å². The molecule has 0 spiro atoms. The first-order chi connectivity index (χ1) is 18.4. The van der Waals surface area contributed by atoms with E-state index in [1.165, 1.54) is 36.4 Å². The zero-order valence-corrected chi connectivity index (χ0v) is 20.7. The molecule has 0 bridgehead atoms. The molecule has 1 aliphatic heterocycles. The first-order valence-electron chi connectivity index (χ1n) is 12.1. The summed E-state index contributed by atoms with van der Waals surface area (Å²) in [6.07, 6.45) is 0.736. The highest BCUT2D eigenvalue weighted by Crippen LogP contribution is 2.26. The zero-order valence-electron chi connectivity index (χ0n) is 20.7. The van der Waals surface area contributed by atoms with Crippen molar-refractivity contribution >= 4 is 35.3 Å². The van der Waals surface area contributed by atoms with E-state index in [1.807, 2.05) is 13.0 Å². The Balaban J connectivity index is 1.42. The number of hydrogen-bond donors (Lipinski definition) is 1. The van der Waals surface area contributed by atoms with Crippen LogP contribution in [0, 0.1) is 0 Å². The fourth-order valence-corrected chi connectivity index (χ4v) is 4.01. The highest BCUT2D eigenvalue weighted by Gasteiger charge is 2.43. The first kappa shape index (κ1) is 26.3. The van der Waals surface area contributed by atoms with Crippen LogP contribution in [0.25, 0.3) is 0 Å². The summed E-state index contributed by atoms with van der Waals surface area (Å²) in [5.41, 5.74) is 1.87. The number of hydrogen-bond acceptors (Lipinski definition) is 7. The third-order valence-corrected chi connectivity index (χ3v) is 5.87. The lowest BCUT2D eigenvalue weighted by atomic mass is 10.0. The Hall–Kier alpha value is -4.79. The molecule has 194 valence electrons. The molecule has 0 aromatic heterocycles. The Labute approximate surface area is 219 Å². The number of anilines is 1. The van der Waals surface area contributed by atoms with Gasteiger partial charge in [0.25, 0.3) is 17.7 Å². The van der Waals surface area contributed by atoms with Crippen LogP contribution in [0.1, 0.15) is 50.0 Å². The summed E-state index contributed by atoms with van der Waals surface area (Å²) in [5, 5.41) is 2.58. The molecule has 9 nitrogen and oxygen atoms in total. The van der Waals surface area contributed by atoms with Crippen molar-refractivity contribution in [3.63, 3.8) is 0 Å². The van der Waals surface area contributed by atoms with Crippen LogP contribution in [0.2, 0.25) is 0 Å². The maximum Gasteiger partial charge on any atom is 0.338 e. The van der Waals surface area contributed by atoms with Crippen molar-refractivity contribution in [1.29, 1.82) is 0 Å². The summed E-state index contributed by atoms with van der Waals surface area (Å²) in [6, 6.07) is 20.1. The Bertz CT molecular complexity index is 1320. The standard InChI is InChI=1S/C29H26N2O7/c1-2-16-37-28(35)20-12-14-21(15-13-20)30-25(32)18-38-29(36)24(17-19-8-4-3-5-9-19)31-26(33)22-10-6-7-11-23(22)27(31)34/h3-15,24H,2,16-18H2,1H3,(H,30,32)/t24-/m0/s1. The summed E-state index contributed by atoms with van der Waals surface area (Å²) < 4.78 is 10.3. The van der Waals surface area contributed by atoms with Crippen molar-refractivity contribution in [2.24, 2.45) is 0 Å². The van der Waals surface area contributed by atoms with Crippen LogP contribution in [-0.2, 0) is 25.5 Å². The average molecular weight is 515 g/mol. The van der Waals surface area contributed by atoms with Crippen molar-refractivity contribution in [2.45, 2.75) is 25.8 Å². The van der Waals surface area contributed by atoms with Crippen molar-refractivity contribution in [3.8, 4) is 0 Å². The summed E-state index contributed by atoms with van der Waals surface area (Å²) in [4.78, 5) is 64.5. The predicted octanol–water partition coefficient (Wildman–Crippen LogP) is 3.64. The maximum atomic E-state index is 13.1. The van der Waals surface area contributed by atoms with Crippen molar-refractivity contribution < 1.29 is 33.4 Å². The molecule has 9 heteroatoms. The molecule has 1 aliphatic rings. The van der Waals surface area contributed by atoms with E-state index in [1.54, 1.807) is 36.4 Å². The lowest BCUT2D eigenvalue weighted by Gasteiger charge is -2.24. The minimum atomic E-state index is -1.26. The van der Waals surface area contributed by atoms with Gasteiger partial charge in [-0.15, -0.1) is 0 Å². The zero-order chi connectivity index (χ0) is 27.1. The van der Waals surface area contributed by atoms with Crippen molar-refractivity contribution in [1.82, 2.24) is 4.90 Å². The SMILES string of the molecule is CCCOC(=O)c1ccc(NC(=O)COC(=O)[C@H](Cc2ccccc2)N2C(=O)c3ccccc3C2=O)cc1. The molecule has 0 saturated carbocycles. The second-order valence-electron chi connectivity index (χ2n) is 8.60. The van der Waals surface area contributed by atoms with Gasteiger partial charge in [0, 0.05) is 12.1 Å². The fraction of sp³-hybridized carbons (Fsp3) is 0.207. The van der Waals surface area contributed by atoms with E-state index in [0.29, 0.717) is 29.8 Å². The first-order valence-corrected chi connectivity index (χ1v) is 12.1. The lowest BCUT2D eigenvalue weighted by molar-refractivity contribution is -0.151. The number of ether oxygens (including phenoxy) is 2. The number of benzene rings is 3. The van der Waals surface area contributed by atoms with Gasteiger partial charge in [0.2, 0.25) is 0 Å². The third kappa shape index (κ3) is 5.95. The van der Waals surface area contributed by atoms with Gasteiger partial charge < -0.3 is 14.8 Å². The van der Waals surface area contributed by atoms with E-state index in [9.17, 15) is 24.0 Å². The quantitative estimate of drug-likeness (QED) is 0.324. The normalized spacial score (nSPS) is 13.0. The third-order valence-electron chi connectivity index (χ3n) is 5.87. The summed E-state index contributed by atoms with van der Waals surface area (Å²) in [5.74, 6) is -3.15. The van der Waals surface area contributed by atoms with Gasteiger partial charge >= 0.3 is 11.9 Å². The van der Waals surface area contributed by atoms with Crippen LogP contribution in [0.5, 0.6) is 0 Å². The van der Waals surface area contributed by atoms with E-state index in [2.05, 4.69) is 5.32 Å². The second-order valence-corrected chi connectivity index (χ2v) is 8.60. The van der Waals surface area contributed by atoms with E-state index in [4.69, 9.17) is 9.47 Å². The molecule has 3 amide bonds. The monoisotopic (exact) mass is 514 g/mol. The van der Waals surface area contributed by atoms with Crippen LogP contribution in [0.15, 0.2) is 78.9 Å². The smallest absolute Gasteiger partial charge is 0.338 e. The molecule has 3 aromatic carbocycles. The number of carbonyl (C=O) groups is 5. The minimum Gasteiger partial charge on any atom is -0.462 e. The van der Waals surface area contributed by atoms with Crippen LogP contribution in [0.4, 0.5) is 5.69 Å². The number of rotatable bonds is 10. The number of nitrogens with one attached hydrogen (secondary N) is 1. The number of nitrogens with zero attached hydrogens (tertiary/aromatic N) is 1. The molecule has 0 saturated heterocycles. The van der Waals surface area contributed by atoms with Gasteiger partial charge in [0.15, 0.2) is 6.61 Å². The van der Waals surface area contributed by atoms with Gasteiger partial charge in [-0.05, 0) is 48.4 Å². The molecule has 0 unspecified atom stereocenters. The van der Waals surface area contributed by atoms with E-state index >= 15 is 0 Å². The topological polar surface area (TPSA) is 119 Å². The molecule has 38 heavy (non-hydrogen) atoms. The van der Waals surface area contributed by atoms with Gasteiger partial charge in [-0.2, -0.15) is 0 Å². The number of fused-ring (bicyclic) bond motifs is 1. The molecule has 3 aromatic rings. The van der Waals surface area contributed by atoms with Gasteiger partial charge in [0.05, 0.1) is 23.3 Å². The molecule has 0 aliphatic carbocycles. The van der Waals surface area contributed by atoms with Crippen LogP contribution >= 0.6 is 0 Å². The van der Waals surface area contributed by atoms with Gasteiger partial charge in [-0.3, -0.25) is 19.3 Å². The van der Waals surface area contributed by atoms with Gasteiger partial charge in [-0.1, -0.05) is 49.4 Å². The lowest BCUT2D eigenvalue weighted by Crippen LogP contribution is -2.47. The Morgan fingerprint density at radius 3 is 2.03 bits per heavy atom. The largest absolute Gasteiger partial charge is 0.462 e. The predicted molar refractivity (Wildman–Crippen MR) is 137 cm³/mol. The number of amides is 3. The van der Waals surface area contributed by atoms with Crippen LogP contribution < -0.4 is 5.32 Å². The number of esters is 2. The molecule has 0 radical (unpaired) electrons. The number of carbonyl (C=O) groups excluding carboxylic acids is 5. The van der Waals surface area contributed by atoms with Gasteiger partial charge in [-0.25, -0.2) is 9.59 Å². The fourth-order valence-electron chi connectivity index (χ4n) is 4.01. The van der Waals surface area contributed by atoms with Crippen LogP contribution in [0.3, 0.4) is 0 Å². The Morgan fingerprint density at radius 2 is 1.42 bits per heavy atom. The average Bonchev–Trinajstić information content (AvgIpc) is 3.19. The molecular formula is C29H26N2O7. The summed E-state index contributed by atoms with van der Waals surface area (Å²) in [7, 11) is 0. The van der Waals surface area contributed by atoms with E-state index in [0.717, 1.165) is 4.90 Å². The highest BCUT2D eigenvalue weighted by molar-refractivity contribution is 6.22. The minimum absolute atomic E-state index is 0.0301. The molecule has 1 N–H and O–H groups in total. The molecule has 0 fully saturated rings. The molecule has 1 heterocycles. The second kappa shape index (κ2) is 12.0. The van der Waals surface area contributed by atoms with Gasteiger partial charge in [0.1, 0.15) is 6.04 Å². The maximum absolute atomic E-state index is 13.1. The van der Waals surface area contributed by atoms with E-state index < -0.39 is 42.3 Å². The Kier molecular flexibility index (Phi) is 8.27. The van der Waals surface area contributed by atoms with E-state index in [-0.39, 0.29) is 17.5 Å².